The van der Waals surface area contributed by atoms with Crippen molar-refractivity contribution >= 4 is 56.9 Å². The first-order chi connectivity index (χ1) is 16.3. The maximum Gasteiger partial charge on any atom is 0.168 e. The first-order valence-electron chi connectivity index (χ1n) is 11.8. The van der Waals surface area contributed by atoms with E-state index in [1.807, 2.05) is 22.7 Å². The molecule has 0 bridgehead atoms. The summed E-state index contributed by atoms with van der Waals surface area (Å²) in [5, 5.41) is 4.36. The molecule has 172 valence electrons. The number of carbonyl (C=O) groups excluding carboxylic acids is 2. The lowest BCUT2D eigenvalue weighted by Crippen LogP contribution is -2.29. The molecule has 4 aromatic rings. The first kappa shape index (κ1) is 21.4. The van der Waals surface area contributed by atoms with Crippen LogP contribution in [0.3, 0.4) is 0 Å². The molecule has 4 atom stereocenters. The molecule has 3 aliphatic rings. The highest BCUT2D eigenvalue weighted by molar-refractivity contribution is 7.22. The van der Waals surface area contributed by atoms with Gasteiger partial charge in [0.15, 0.2) is 11.6 Å². The molecule has 0 amide bonds. The Bertz CT molecular complexity index is 1410. The van der Waals surface area contributed by atoms with Crippen LogP contribution in [0.4, 0.5) is 0 Å². The van der Waals surface area contributed by atoms with Crippen LogP contribution in [0, 0.1) is 39.5 Å². The minimum absolute atomic E-state index is 0.0360. The van der Waals surface area contributed by atoms with Gasteiger partial charge in [-0.25, -0.2) is 0 Å². The van der Waals surface area contributed by atoms with Crippen LogP contribution in [0.15, 0.2) is 22.9 Å². The van der Waals surface area contributed by atoms with Gasteiger partial charge in [0.2, 0.25) is 0 Å². The lowest BCUT2D eigenvalue weighted by molar-refractivity contribution is 0.0789. The van der Waals surface area contributed by atoms with Crippen LogP contribution in [0.25, 0.3) is 19.5 Å². The number of hydrogen-bond acceptors (Lipinski definition) is 6. The maximum absolute atomic E-state index is 13.7. The van der Waals surface area contributed by atoms with Crippen LogP contribution in [-0.2, 0) is 0 Å². The Morgan fingerprint density at radius 2 is 1.06 bits per heavy atom. The molecule has 0 aliphatic heterocycles. The average Bonchev–Trinajstić information content (AvgIpc) is 3.62. The highest BCUT2D eigenvalue weighted by Gasteiger charge is 2.54. The number of Topliss-reactive ketones (excluding diaryl/α,β-unsaturated/α-hetero) is 2. The molecule has 0 N–H and O–H groups in total. The Labute approximate surface area is 215 Å². The fraction of sp³-hybridized carbons (Fsp3) is 0.357. The van der Waals surface area contributed by atoms with E-state index in [9.17, 15) is 9.59 Å². The van der Waals surface area contributed by atoms with Gasteiger partial charge in [-0.05, 0) is 85.7 Å². The van der Waals surface area contributed by atoms with E-state index in [0.717, 1.165) is 35.1 Å². The minimum Gasteiger partial charge on any atom is -0.294 e. The summed E-state index contributed by atoms with van der Waals surface area (Å²) in [6.07, 6.45) is 1.65. The van der Waals surface area contributed by atoms with E-state index in [0.29, 0.717) is 11.6 Å². The fourth-order valence-electron chi connectivity index (χ4n) is 6.51. The second kappa shape index (κ2) is 7.33. The van der Waals surface area contributed by atoms with Gasteiger partial charge in [-0.3, -0.25) is 9.59 Å². The molecule has 7 rings (SSSR count). The molecule has 0 spiro atoms. The first-order valence-corrected chi connectivity index (χ1v) is 15.2. The molecule has 4 heterocycles. The van der Waals surface area contributed by atoms with E-state index >= 15 is 0 Å². The second-order valence-electron chi connectivity index (χ2n) is 10.2. The van der Waals surface area contributed by atoms with E-state index in [4.69, 9.17) is 0 Å². The molecular weight excluding hydrogens is 497 g/mol. The minimum atomic E-state index is 0.0360. The van der Waals surface area contributed by atoms with Crippen molar-refractivity contribution in [1.82, 2.24) is 0 Å². The third-order valence-electron chi connectivity index (χ3n) is 8.08. The van der Waals surface area contributed by atoms with Gasteiger partial charge < -0.3 is 0 Å². The quantitative estimate of drug-likeness (QED) is 0.265. The maximum atomic E-state index is 13.7. The summed E-state index contributed by atoms with van der Waals surface area (Å²) in [6, 6.07) is 4.46. The van der Waals surface area contributed by atoms with Crippen LogP contribution in [0.5, 0.6) is 0 Å². The van der Waals surface area contributed by atoms with E-state index in [-0.39, 0.29) is 23.7 Å². The lowest BCUT2D eigenvalue weighted by atomic mass is 9.70. The summed E-state index contributed by atoms with van der Waals surface area (Å²) < 4.78 is 0. The Morgan fingerprint density at radius 3 is 1.41 bits per heavy atom. The molecule has 2 nitrogen and oxygen atoms in total. The van der Waals surface area contributed by atoms with Crippen molar-refractivity contribution in [3.63, 3.8) is 0 Å². The Hall–Kier alpha value is -1.86. The number of hydrogen-bond donors (Lipinski definition) is 0. The smallest absolute Gasteiger partial charge is 0.168 e. The van der Waals surface area contributed by atoms with Crippen molar-refractivity contribution in [2.24, 2.45) is 11.8 Å². The standard InChI is InChI=1S/C28H24O2S4/c1-11-5-19(31-9-11)25-13(3)21-23(29)15-8-18-16(7-17(15)27(21)33-25)24(30)22-14(4)26(34-28(18)22)20-6-12(2)10-32-20/h5-6,9-10,15-18H,7-8H2,1-4H3. The molecule has 4 unspecified atom stereocenters. The van der Waals surface area contributed by atoms with Crippen molar-refractivity contribution in [2.75, 3.05) is 0 Å². The van der Waals surface area contributed by atoms with Gasteiger partial charge in [0.05, 0.1) is 0 Å². The van der Waals surface area contributed by atoms with E-state index < -0.39 is 0 Å². The van der Waals surface area contributed by atoms with Gasteiger partial charge in [-0.2, -0.15) is 0 Å². The summed E-state index contributed by atoms with van der Waals surface area (Å²) in [5.74, 6) is 1.15. The van der Waals surface area contributed by atoms with Crippen LogP contribution >= 0.6 is 45.3 Å². The van der Waals surface area contributed by atoms with Crippen molar-refractivity contribution < 1.29 is 9.59 Å². The molecule has 0 saturated heterocycles. The van der Waals surface area contributed by atoms with Gasteiger partial charge in [0.25, 0.3) is 0 Å². The monoisotopic (exact) mass is 520 g/mol. The Morgan fingerprint density at radius 1 is 0.647 bits per heavy atom. The summed E-state index contributed by atoms with van der Waals surface area (Å²) in [7, 11) is 0. The highest BCUT2D eigenvalue weighted by Crippen LogP contribution is 2.62. The molecule has 0 radical (unpaired) electrons. The molecule has 3 aliphatic carbocycles. The predicted octanol–water partition coefficient (Wildman–Crippen LogP) is 8.79. The molecule has 34 heavy (non-hydrogen) atoms. The highest BCUT2D eigenvalue weighted by atomic mass is 32.1. The Kier molecular flexibility index (Phi) is 4.62. The molecular formula is C28H24O2S4. The third kappa shape index (κ3) is 2.77. The number of fused-ring (bicyclic) bond motifs is 6. The number of rotatable bonds is 2. The summed E-state index contributed by atoms with van der Waals surface area (Å²) in [4.78, 5) is 34.9. The van der Waals surface area contributed by atoms with Crippen molar-refractivity contribution in [3.05, 3.63) is 66.0 Å². The van der Waals surface area contributed by atoms with Gasteiger partial charge in [0, 0.05) is 64.1 Å². The molecule has 1 saturated carbocycles. The summed E-state index contributed by atoms with van der Waals surface area (Å²) >= 11 is 7.15. The number of aryl methyl sites for hydroxylation is 2. The predicted molar refractivity (Wildman–Crippen MR) is 145 cm³/mol. The van der Waals surface area contributed by atoms with E-state index in [1.165, 1.54) is 40.4 Å². The van der Waals surface area contributed by atoms with Crippen LogP contribution < -0.4 is 0 Å². The molecule has 4 aromatic heterocycles. The zero-order chi connectivity index (χ0) is 23.5. The van der Waals surface area contributed by atoms with Crippen molar-refractivity contribution in [1.29, 1.82) is 0 Å². The normalized spacial score (nSPS) is 24.9. The Balaban J connectivity index is 1.27. The lowest BCUT2D eigenvalue weighted by Gasteiger charge is -2.33. The van der Waals surface area contributed by atoms with Crippen LogP contribution in [-0.4, -0.2) is 11.6 Å². The number of carbonyl (C=O) groups is 2. The topological polar surface area (TPSA) is 34.1 Å². The number of thiophene rings is 4. The number of ketones is 2. The molecule has 1 fully saturated rings. The summed E-state index contributed by atoms with van der Waals surface area (Å²) in [6.45, 7) is 8.49. The summed E-state index contributed by atoms with van der Waals surface area (Å²) in [5.41, 5.74) is 6.80. The van der Waals surface area contributed by atoms with Gasteiger partial charge in [-0.1, -0.05) is 0 Å². The SMILES string of the molecule is Cc1csc(-c2sc3c(c2C)C(=O)C2CC4c5sc(-c6cc(C)cs6)c(C)c5C(=O)C4CC32)c1. The van der Waals surface area contributed by atoms with E-state index in [2.05, 4.69) is 50.6 Å². The average molecular weight is 521 g/mol. The van der Waals surface area contributed by atoms with Crippen molar-refractivity contribution in [2.45, 2.75) is 52.4 Å². The fourth-order valence-corrected chi connectivity index (χ4v) is 11.6. The second-order valence-corrected chi connectivity index (χ2v) is 14.1. The molecule has 0 aromatic carbocycles. The zero-order valence-corrected chi connectivity index (χ0v) is 22.7. The van der Waals surface area contributed by atoms with Gasteiger partial charge in [-0.15, -0.1) is 45.3 Å². The van der Waals surface area contributed by atoms with Gasteiger partial charge >= 0.3 is 0 Å². The zero-order valence-electron chi connectivity index (χ0n) is 19.5. The largest absolute Gasteiger partial charge is 0.294 e. The van der Waals surface area contributed by atoms with Crippen molar-refractivity contribution in [3.8, 4) is 19.5 Å². The van der Waals surface area contributed by atoms with Crippen LogP contribution in [0.2, 0.25) is 0 Å². The molecule has 6 heteroatoms. The van der Waals surface area contributed by atoms with E-state index in [1.54, 1.807) is 22.7 Å². The third-order valence-corrected chi connectivity index (χ3v) is 13.4. The van der Waals surface area contributed by atoms with Gasteiger partial charge in [0.1, 0.15) is 0 Å². The van der Waals surface area contributed by atoms with Crippen LogP contribution in [0.1, 0.15) is 77.4 Å².